The predicted molar refractivity (Wildman–Crippen MR) is 78.3 cm³/mol. The molecule has 1 aliphatic heterocycles. The lowest BCUT2D eigenvalue weighted by Gasteiger charge is -2.30. The molecule has 1 aliphatic carbocycles. The van der Waals surface area contributed by atoms with Crippen LogP contribution < -0.4 is 0 Å². The van der Waals surface area contributed by atoms with Crippen molar-refractivity contribution in [2.75, 3.05) is 13.1 Å². The SMILES string of the molecule is CC1(C)CN(C(=O)C2(c3ccc(F)cc3)CC2)C[C@@]1(C)O. The molecule has 0 aromatic heterocycles. The molecule has 0 unspecified atom stereocenters. The maximum Gasteiger partial charge on any atom is 0.233 e. The van der Waals surface area contributed by atoms with Gasteiger partial charge in [-0.2, -0.15) is 0 Å². The summed E-state index contributed by atoms with van der Waals surface area (Å²) in [6.07, 6.45) is 1.60. The number of hydrogen-bond acceptors (Lipinski definition) is 2. The first kappa shape index (κ1) is 14.5. The first-order chi connectivity index (χ1) is 9.68. The molecule has 1 atom stereocenters. The number of hydrogen-bond donors (Lipinski definition) is 1. The van der Waals surface area contributed by atoms with E-state index < -0.39 is 11.0 Å². The minimum Gasteiger partial charge on any atom is -0.388 e. The third-order valence-electron chi connectivity index (χ3n) is 5.39. The summed E-state index contributed by atoms with van der Waals surface area (Å²) < 4.78 is 13.1. The van der Waals surface area contributed by atoms with E-state index in [1.54, 1.807) is 24.0 Å². The summed E-state index contributed by atoms with van der Waals surface area (Å²) in [7, 11) is 0. The Morgan fingerprint density at radius 3 is 2.14 bits per heavy atom. The van der Waals surface area contributed by atoms with Crippen LogP contribution in [0.5, 0.6) is 0 Å². The molecule has 1 saturated carbocycles. The predicted octanol–water partition coefficient (Wildman–Crippen LogP) is 2.48. The summed E-state index contributed by atoms with van der Waals surface area (Å²) in [6, 6.07) is 6.23. The van der Waals surface area contributed by atoms with Crippen molar-refractivity contribution in [3.8, 4) is 0 Å². The average molecular weight is 291 g/mol. The second-order valence-corrected chi connectivity index (χ2v) is 7.41. The van der Waals surface area contributed by atoms with Gasteiger partial charge in [0, 0.05) is 18.5 Å². The second-order valence-electron chi connectivity index (χ2n) is 7.41. The summed E-state index contributed by atoms with van der Waals surface area (Å²) in [5.74, 6) is -0.216. The van der Waals surface area contributed by atoms with Gasteiger partial charge in [-0.1, -0.05) is 26.0 Å². The van der Waals surface area contributed by atoms with Gasteiger partial charge in [0.05, 0.1) is 11.0 Å². The number of benzene rings is 1. The zero-order chi connectivity index (χ0) is 15.5. The van der Waals surface area contributed by atoms with Crippen molar-refractivity contribution in [2.24, 2.45) is 5.41 Å². The molecular weight excluding hydrogens is 269 g/mol. The molecule has 114 valence electrons. The van der Waals surface area contributed by atoms with E-state index in [4.69, 9.17) is 0 Å². The number of halogens is 1. The summed E-state index contributed by atoms with van der Waals surface area (Å²) >= 11 is 0. The molecule has 0 spiro atoms. The molecular formula is C17H22FNO2. The minimum atomic E-state index is -0.873. The zero-order valence-corrected chi connectivity index (χ0v) is 12.8. The number of carbonyl (C=O) groups is 1. The number of nitrogens with zero attached hydrogens (tertiary/aromatic N) is 1. The molecule has 2 aliphatic rings. The van der Waals surface area contributed by atoms with Crippen molar-refractivity contribution in [1.29, 1.82) is 0 Å². The van der Waals surface area contributed by atoms with Crippen molar-refractivity contribution in [3.63, 3.8) is 0 Å². The summed E-state index contributed by atoms with van der Waals surface area (Å²) in [4.78, 5) is 14.7. The molecule has 1 saturated heterocycles. The molecule has 1 aromatic carbocycles. The van der Waals surface area contributed by atoms with Crippen LogP contribution in [0.1, 0.15) is 39.2 Å². The van der Waals surface area contributed by atoms with E-state index in [2.05, 4.69) is 0 Å². The number of aliphatic hydroxyl groups is 1. The Hall–Kier alpha value is -1.42. The van der Waals surface area contributed by atoms with E-state index in [1.165, 1.54) is 12.1 Å². The molecule has 21 heavy (non-hydrogen) atoms. The Balaban J connectivity index is 1.85. The number of rotatable bonds is 2. The van der Waals surface area contributed by atoms with Crippen molar-refractivity contribution in [1.82, 2.24) is 4.90 Å². The summed E-state index contributed by atoms with van der Waals surface area (Å²) in [5, 5.41) is 10.5. The lowest BCUT2D eigenvalue weighted by atomic mass is 9.79. The first-order valence-corrected chi connectivity index (χ1v) is 7.46. The molecule has 0 radical (unpaired) electrons. The lowest BCUT2D eigenvalue weighted by molar-refractivity contribution is -0.133. The van der Waals surface area contributed by atoms with Crippen LogP contribution in [-0.4, -0.2) is 34.6 Å². The van der Waals surface area contributed by atoms with E-state index in [0.717, 1.165) is 18.4 Å². The van der Waals surface area contributed by atoms with Crippen LogP contribution in [0.4, 0.5) is 4.39 Å². The molecule has 3 rings (SSSR count). The van der Waals surface area contributed by atoms with Gasteiger partial charge in [0.2, 0.25) is 5.91 Å². The highest BCUT2D eigenvalue weighted by molar-refractivity contribution is 5.91. The van der Waals surface area contributed by atoms with E-state index in [-0.39, 0.29) is 17.1 Å². The number of β-amino-alcohol motifs (C(OH)–C–C–N with tert-alkyl or cyclic N) is 1. The molecule has 4 heteroatoms. The largest absolute Gasteiger partial charge is 0.388 e. The molecule has 1 amide bonds. The van der Waals surface area contributed by atoms with Crippen molar-refractivity contribution in [3.05, 3.63) is 35.6 Å². The fourth-order valence-corrected chi connectivity index (χ4v) is 3.26. The molecule has 1 N–H and O–H groups in total. The quantitative estimate of drug-likeness (QED) is 0.909. The minimum absolute atomic E-state index is 0.0694. The number of likely N-dealkylation sites (tertiary alicyclic amines) is 1. The Morgan fingerprint density at radius 1 is 1.14 bits per heavy atom. The van der Waals surface area contributed by atoms with Gasteiger partial charge in [0.25, 0.3) is 0 Å². The van der Waals surface area contributed by atoms with Crippen LogP contribution in [0.15, 0.2) is 24.3 Å². The van der Waals surface area contributed by atoms with E-state index in [0.29, 0.717) is 13.1 Å². The van der Waals surface area contributed by atoms with Crippen LogP contribution >= 0.6 is 0 Å². The lowest BCUT2D eigenvalue weighted by Crippen LogP contribution is -2.41. The fraction of sp³-hybridized carbons (Fsp3) is 0.588. The van der Waals surface area contributed by atoms with E-state index in [9.17, 15) is 14.3 Å². The van der Waals surface area contributed by atoms with E-state index in [1.807, 2.05) is 13.8 Å². The standard InChI is InChI=1S/C17H22FNO2/c1-15(2)10-19(11-16(15,3)21)14(20)17(8-9-17)12-4-6-13(18)7-5-12/h4-7,21H,8-11H2,1-3H3/t16-/m1/s1. The highest BCUT2D eigenvalue weighted by atomic mass is 19.1. The molecule has 2 fully saturated rings. The van der Waals surface area contributed by atoms with Gasteiger partial charge < -0.3 is 10.0 Å². The number of amides is 1. The maximum absolute atomic E-state index is 13.1. The highest BCUT2D eigenvalue weighted by Gasteiger charge is 2.57. The van der Waals surface area contributed by atoms with Crippen LogP contribution in [0.3, 0.4) is 0 Å². The van der Waals surface area contributed by atoms with Gasteiger partial charge >= 0.3 is 0 Å². The highest BCUT2D eigenvalue weighted by Crippen LogP contribution is 2.51. The monoisotopic (exact) mass is 291 g/mol. The van der Waals surface area contributed by atoms with Crippen LogP contribution in [0.2, 0.25) is 0 Å². The maximum atomic E-state index is 13.1. The molecule has 3 nitrogen and oxygen atoms in total. The van der Waals surface area contributed by atoms with Crippen LogP contribution in [-0.2, 0) is 10.2 Å². The Kier molecular flexibility index (Phi) is 2.97. The van der Waals surface area contributed by atoms with Gasteiger partial charge in [-0.3, -0.25) is 4.79 Å². The Morgan fingerprint density at radius 2 is 1.71 bits per heavy atom. The van der Waals surface area contributed by atoms with Gasteiger partial charge in [-0.15, -0.1) is 0 Å². The summed E-state index contributed by atoms with van der Waals surface area (Å²) in [6.45, 7) is 6.68. The first-order valence-electron chi connectivity index (χ1n) is 7.46. The summed E-state index contributed by atoms with van der Waals surface area (Å²) in [5.41, 5.74) is -0.800. The average Bonchev–Trinajstić information content (AvgIpc) is 3.14. The van der Waals surface area contributed by atoms with Crippen molar-refractivity contribution >= 4 is 5.91 Å². The van der Waals surface area contributed by atoms with Crippen molar-refractivity contribution in [2.45, 2.75) is 44.6 Å². The topological polar surface area (TPSA) is 40.5 Å². The third-order valence-corrected chi connectivity index (χ3v) is 5.39. The van der Waals surface area contributed by atoms with Crippen LogP contribution in [0.25, 0.3) is 0 Å². The van der Waals surface area contributed by atoms with E-state index >= 15 is 0 Å². The molecule has 1 heterocycles. The number of carbonyl (C=O) groups excluding carboxylic acids is 1. The Bertz CT molecular complexity index is 557. The van der Waals surface area contributed by atoms with Gasteiger partial charge in [-0.05, 0) is 37.5 Å². The molecule has 0 bridgehead atoms. The van der Waals surface area contributed by atoms with Crippen LogP contribution in [0, 0.1) is 11.2 Å². The van der Waals surface area contributed by atoms with Gasteiger partial charge in [-0.25, -0.2) is 4.39 Å². The van der Waals surface area contributed by atoms with Crippen molar-refractivity contribution < 1.29 is 14.3 Å². The van der Waals surface area contributed by atoms with Gasteiger partial charge in [0.15, 0.2) is 0 Å². The van der Waals surface area contributed by atoms with Gasteiger partial charge in [0.1, 0.15) is 5.82 Å². The zero-order valence-electron chi connectivity index (χ0n) is 12.8. The fourth-order valence-electron chi connectivity index (χ4n) is 3.26. The normalized spacial score (nSPS) is 29.5. The smallest absolute Gasteiger partial charge is 0.233 e. The Labute approximate surface area is 124 Å². The third kappa shape index (κ3) is 2.16. The molecule has 1 aromatic rings. The second kappa shape index (κ2) is 4.29.